The molecule has 0 aliphatic heterocycles. The van der Waals surface area contributed by atoms with Crippen LogP contribution in [-0.2, 0) is 9.59 Å². The number of nitrogens with zero attached hydrogens (tertiary/aromatic N) is 2. The van der Waals surface area contributed by atoms with Crippen molar-refractivity contribution in [1.82, 2.24) is 0 Å². The van der Waals surface area contributed by atoms with Gasteiger partial charge in [0.05, 0.1) is 20.6 Å². The quantitative estimate of drug-likeness (QED) is 0.0659. The van der Waals surface area contributed by atoms with Crippen molar-refractivity contribution < 1.29 is 19.1 Å². The smallest absolute Gasteiger partial charge is 0.137 e. The van der Waals surface area contributed by atoms with Gasteiger partial charge in [-0.1, -0.05) is 114 Å². The van der Waals surface area contributed by atoms with Crippen LogP contribution in [0, 0.1) is 0 Å². The van der Waals surface area contributed by atoms with Crippen LogP contribution in [-0.4, -0.2) is 52.0 Å². The van der Waals surface area contributed by atoms with Crippen LogP contribution < -0.4 is 19.3 Å². The van der Waals surface area contributed by atoms with Crippen molar-refractivity contribution in [3.63, 3.8) is 0 Å². The van der Waals surface area contributed by atoms with E-state index in [-0.39, 0.29) is 18.0 Å². The molecule has 0 aromatic heterocycles. The number of carbonyl (C=O) groups excluding carboxylic acids is 2. The highest BCUT2D eigenvalue weighted by Crippen LogP contribution is 2.31. The SMILES string of the molecule is CC(=O)CC(C)=O.CCCCN(CCCC)c1ccc(C(=CCC=C(c2ccc(OC)cc2)c2ccc(N(CCCC)CCCC)cc2)c2ccc(OC)cc2)cc1. The second kappa shape index (κ2) is 26.7. The highest BCUT2D eigenvalue weighted by molar-refractivity contribution is 5.96. The van der Waals surface area contributed by atoms with Crippen LogP contribution in [0.3, 0.4) is 0 Å². The molecule has 0 heterocycles. The summed E-state index contributed by atoms with van der Waals surface area (Å²) in [4.78, 5) is 25.2. The second-order valence-corrected chi connectivity index (χ2v) is 15.0. The summed E-state index contributed by atoms with van der Waals surface area (Å²) in [6, 6.07) is 35.3. The molecule has 0 unspecified atom stereocenters. The summed E-state index contributed by atoms with van der Waals surface area (Å²) in [6.45, 7) is 16.3. The fourth-order valence-corrected chi connectivity index (χ4v) is 6.83. The maximum atomic E-state index is 10.0. The standard InChI is InChI=1S/C47H62N2O2.C5H8O2/c1-7-11-34-48(35-12-8-2)42-26-18-38(19-27-42)46(40-22-30-44(50-5)31-23-40)16-15-17-47(41-24-32-45(51-6)33-25-41)39-20-28-43(29-21-39)49(36-13-9-3)37-14-10-4;1-4(6)3-5(2)7/h16-33H,7-15,34-37H2,1-6H3;3H2,1-2H3. The fraction of sp³-hybridized carbons (Fsp3) is 0.423. The molecule has 0 bridgehead atoms. The van der Waals surface area contributed by atoms with Gasteiger partial charge < -0.3 is 19.3 Å². The molecule has 0 saturated carbocycles. The van der Waals surface area contributed by atoms with Gasteiger partial charge in [0.1, 0.15) is 23.1 Å². The fourth-order valence-electron chi connectivity index (χ4n) is 6.83. The number of hydrogen-bond acceptors (Lipinski definition) is 6. The van der Waals surface area contributed by atoms with Crippen LogP contribution in [0.5, 0.6) is 11.5 Å². The van der Waals surface area contributed by atoms with Crippen molar-refractivity contribution in [3.8, 4) is 11.5 Å². The van der Waals surface area contributed by atoms with Gasteiger partial charge in [-0.2, -0.15) is 0 Å². The third kappa shape index (κ3) is 16.0. The molecule has 4 aromatic rings. The van der Waals surface area contributed by atoms with Crippen LogP contribution in [0.25, 0.3) is 11.1 Å². The molecule has 312 valence electrons. The molecule has 0 spiro atoms. The van der Waals surface area contributed by atoms with E-state index in [1.807, 2.05) is 0 Å². The normalized spacial score (nSPS) is 11.4. The first-order valence-corrected chi connectivity index (χ1v) is 21.6. The second-order valence-electron chi connectivity index (χ2n) is 15.0. The number of ketones is 2. The van der Waals surface area contributed by atoms with Crippen molar-refractivity contribution in [1.29, 1.82) is 0 Å². The Bertz CT molecular complexity index is 1670. The number of rotatable bonds is 24. The Labute approximate surface area is 351 Å². The lowest BCUT2D eigenvalue weighted by Gasteiger charge is -2.25. The Morgan fingerprint density at radius 2 is 0.741 bits per heavy atom. The van der Waals surface area contributed by atoms with Crippen LogP contribution >= 0.6 is 0 Å². The lowest BCUT2D eigenvalue weighted by atomic mass is 9.94. The zero-order chi connectivity index (χ0) is 42.1. The number of unbranched alkanes of at least 4 members (excludes halogenated alkanes) is 4. The number of benzene rings is 4. The first kappa shape index (κ1) is 47.3. The van der Waals surface area contributed by atoms with E-state index in [0.717, 1.165) is 44.1 Å². The zero-order valence-corrected chi connectivity index (χ0v) is 36.8. The minimum atomic E-state index is -0.0625. The van der Waals surface area contributed by atoms with E-state index < -0.39 is 0 Å². The Kier molecular flexibility index (Phi) is 21.8. The van der Waals surface area contributed by atoms with E-state index in [4.69, 9.17) is 9.47 Å². The van der Waals surface area contributed by atoms with E-state index >= 15 is 0 Å². The molecule has 6 heteroatoms. The number of hydrogen-bond donors (Lipinski definition) is 0. The molecular weight excluding hydrogens is 717 g/mol. The maximum Gasteiger partial charge on any atom is 0.137 e. The Balaban J connectivity index is 0.00000117. The minimum Gasteiger partial charge on any atom is -0.497 e. The van der Waals surface area contributed by atoms with Gasteiger partial charge >= 0.3 is 0 Å². The lowest BCUT2D eigenvalue weighted by Crippen LogP contribution is -2.25. The van der Waals surface area contributed by atoms with E-state index in [9.17, 15) is 9.59 Å². The molecule has 0 saturated heterocycles. The van der Waals surface area contributed by atoms with Crippen molar-refractivity contribution in [2.45, 2.75) is 106 Å². The van der Waals surface area contributed by atoms with Crippen LogP contribution in [0.4, 0.5) is 11.4 Å². The molecule has 4 rings (SSSR count). The summed E-state index contributed by atoms with van der Waals surface area (Å²) in [7, 11) is 3.44. The molecule has 0 aliphatic carbocycles. The first-order chi connectivity index (χ1) is 28.2. The summed E-state index contributed by atoms with van der Waals surface area (Å²) in [5.41, 5.74) is 9.86. The molecule has 0 fully saturated rings. The summed E-state index contributed by atoms with van der Waals surface area (Å²) < 4.78 is 11.0. The summed E-state index contributed by atoms with van der Waals surface area (Å²) in [6.07, 6.45) is 15.3. The molecule has 0 aliphatic rings. The van der Waals surface area contributed by atoms with Gasteiger partial charge in [-0.3, -0.25) is 9.59 Å². The number of allylic oxidation sites excluding steroid dienone is 2. The molecule has 6 nitrogen and oxygen atoms in total. The van der Waals surface area contributed by atoms with Crippen molar-refractivity contribution in [2.24, 2.45) is 0 Å². The molecule has 0 radical (unpaired) electrons. The highest BCUT2D eigenvalue weighted by Gasteiger charge is 2.12. The average molecular weight is 787 g/mol. The van der Waals surface area contributed by atoms with E-state index in [1.165, 1.54) is 110 Å². The van der Waals surface area contributed by atoms with E-state index in [0.29, 0.717) is 0 Å². The van der Waals surface area contributed by atoms with Gasteiger partial charge in [-0.25, -0.2) is 0 Å². The van der Waals surface area contributed by atoms with Crippen LogP contribution in [0.1, 0.15) is 128 Å². The van der Waals surface area contributed by atoms with Gasteiger partial charge in [0.15, 0.2) is 0 Å². The molecule has 0 N–H and O–H groups in total. The molecule has 0 amide bonds. The highest BCUT2D eigenvalue weighted by atomic mass is 16.5. The number of anilines is 2. The van der Waals surface area contributed by atoms with Gasteiger partial charge in [0.25, 0.3) is 0 Å². The van der Waals surface area contributed by atoms with E-state index in [1.54, 1.807) is 14.2 Å². The van der Waals surface area contributed by atoms with Gasteiger partial charge in [0, 0.05) is 37.6 Å². The largest absolute Gasteiger partial charge is 0.497 e. The Morgan fingerprint density at radius 1 is 0.466 bits per heavy atom. The molecular formula is C52H70N2O4. The Hall–Kier alpha value is -5.10. The third-order valence-corrected chi connectivity index (χ3v) is 10.2. The van der Waals surface area contributed by atoms with Crippen molar-refractivity contribution in [2.75, 3.05) is 50.2 Å². The average Bonchev–Trinajstić information content (AvgIpc) is 3.24. The summed E-state index contributed by atoms with van der Waals surface area (Å²) in [5.74, 6) is 1.60. The predicted molar refractivity (Wildman–Crippen MR) is 248 cm³/mol. The van der Waals surface area contributed by atoms with Crippen LogP contribution in [0.2, 0.25) is 0 Å². The molecule has 58 heavy (non-hydrogen) atoms. The Morgan fingerprint density at radius 3 is 0.966 bits per heavy atom. The zero-order valence-electron chi connectivity index (χ0n) is 36.8. The predicted octanol–water partition coefficient (Wildman–Crippen LogP) is 13.0. The van der Waals surface area contributed by atoms with Gasteiger partial charge in [-0.05, 0) is 128 Å². The number of methoxy groups -OCH3 is 2. The monoisotopic (exact) mass is 787 g/mol. The molecule has 0 atom stereocenters. The number of Topliss-reactive ketones (excluding diaryl/α,β-unsaturated/α-hetero) is 2. The third-order valence-electron chi connectivity index (χ3n) is 10.2. The first-order valence-electron chi connectivity index (χ1n) is 21.6. The maximum absolute atomic E-state index is 10.0. The lowest BCUT2D eigenvalue weighted by molar-refractivity contribution is -0.124. The van der Waals surface area contributed by atoms with Gasteiger partial charge in [0.2, 0.25) is 0 Å². The van der Waals surface area contributed by atoms with E-state index in [2.05, 4.69) is 147 Å². The van der Waals surface area contributed by atoms with Crippen LogP contribution in [0.15, 0.2) is 109 Å². The van der Waals surface area contributed by atoms with Crippen molar-refractivity contribution >= 4 is 34.1 Å². The topological polar surface area (TPSA) is 59.1 Å². The van der Waals surface area contributed by atoms with Gasteiger partial charge in [-0.15, -0.1) is 0 Å². The summed E-state index contributed by atoms with van der Waals surface area (Å²) in [5, 5.41) is 0. The summed E-state index contributed by atoms with van der Waals surface area (Å²) >= 11 is 0. The molecule has 4 aromatic carbocycles. The minimum absolute atomic E-state index is 0.0625. The number of carbonyl (C=O) groups is 2. The number of ether oxygens (including phenoxy) is 2. The van der Waals surface area contributed by atoms with Crippen molar-refractivity contribution in [3.05, 3.63) is 131 Å².